The van der Waals surface area contributed by atoms with Crippen LogP contribution >= 0.6 is 12.2 Å². The third-order valence-corrected chi connectivity index (χ3v) is 6.29. The van der Waals surface area contributed by atoms with Gasteiger partial charge in [0.25, 0.3) is 5.56 Å². The zero-order valence-corrected chi connectivity index (χ0v) is 18.0. The van der Waals surface area contributed by atoms with Crippen LogP contribution in [0.3, 0.4) is 0 Å². The molecule has 2 N–H and O–H groups in total. The van der Waals surface area contributed by atoms with Crippen LogP contribution in [-0.4, -0.2) is 55.3 Å². The van der Waals surface area contributed by atoms with Crippen molar-refractivity contribution in [2.45, 2.75) is 19.0 Å². The van der Waals surface area contributed by atoms with Gasteiger partial charge in [0, 0.05) is 18.2 Å². The number of aliphatic imine (C=N–C) groups is 1. The van der Waals surface area contributed by atoms with Gasteiger partial charge < -0.3 is 14.6 Å². The number of hydrogen-bond acceptors (Lipinski definition) is 8. The van der Waals surface area contributed by atoms with Crippen LogP contribution in [0.2, 0.25) is 0 Å². The average molecular weight is 452 g/mol. The minimum absolute atomic E-state index is 0.0680. The van der Waals surface area contributed by atoms with E-state index in [1.165, 1.54) is 16.9 Å². The molecule has 0 saturated heterocycles. The Balaban J connectivity index is 1.84. The minimum Gasteiger partial charge on any atom is -0.494 e. The maximum Gasteiger partial charge on any atom is 0.264 e. The minimum atomic E-state index is -3.27. The highest BCUT2D eigenvalue weighted by atomic mass is 32.2. The number of methoxy groups -OCH3 is 2. The van der Waals surface area contributed by atoms with Gasteiger partial charge in [-0.2, -0.15) is 0 Å². The molecule has 0 unspecified atom stereocenters. The number of hydrogen-bond donors (Lipinski definition) is 2. The Hall–Kier alpha value is -2.92. The molecule has 0 saturated carbocycles. The van der Waals surface area contributed by atoms with Gasteiger partial charge in [0.15, 0.2) is 26.1 Å². The van der Waals surface area contributed by atoms with Crippen molar-refractivity contribution in [1.82, 2.24) is 9.55 Å². The van der Waals surface area contributed by atoms with Crippen molar-refractivity contribution in [3.8, 4) is 17.4 Å². The molecule has 30 heavy (non-hydrogen) atoms. The van der Waals surface area contributed by atoms with Gasteiger partial charge in [-0.05, 0) is 42.4 Å². The average Bonchev–Trinajstić information content (AvgIpc) is 3.05. The molecule has 0 radical (unpaired) electrons. The number of rotatable bonds is 7. The number of H-pyrrole nitrogens is 1. The fourth-order valence-corrected chi connectivity index (χ4v) is 4.47. The van der Waals surface area contributed by atoms with E-state index in [0.717, 1.165) is 11.0 Å². The molecular formula is C19H21N3O6S2. The Bertz CT molecular complexity index is 1230. The normalized spacial score (nSPS) is 17.5. The first-order valence-electron chi connectivity index (χ1n) is 8.95. The first kappa shape index (κ1) is 21.8. The molecule has 0 spiro atoms. The predicted octanol–water partition coefficient (Wildman–Crippen LogP) is 1.60. The highest BCUT2D eigenvalue weighted by Gasteiger charge is 2.21. The lowest BCUT2D eigenvalue weighted by Gasteiger charge is -2.13. The van der Waals surface area contributed by atoms with E-state index in [1.54, 1.807) is 20.3 Å². The Morgan fingerprint density at radius 2 is 2.07 bits per heavy atom. The fraction of sp³-hybridized carbons (Fsp3) is 0.316. The second-order valence-electron chi connectivity index (χ2n) is 6.59. The lowest BCUT2D eigenvalue weighted by atomic mass is 10.1. The monoisotopic (exact) mass is 451 g/mol. The van der Waals surface area contributed by atoms with Crippen molar-refractivity contribution in [2.75, 3.05) is 20.0 Å². The molecule has 11 heteroatoms. The molecule has 160 valence electrons. The summed E-state index contributed by atoms with van der Waals surface area (Å²) in [5, 5.41) is 11.7. The smallest absolute Gasteiger partial charge is 0.264 e. The second kappa shape index (κ2) is 8.84. The van der Waals surface area contributed by atoms with E-state index < -0.39 is 21.4 Å². The molecule has 9 nitrogen and oxygen atoms in total. The number of aromatic nitrogens is 2. The van der Waals surface area contributed by atoms with Crippen molar-refractivity contribution >= 4 is 28.3 Å². The molecule has 1 aliphatic rings. The lowest BCUT2D eigenvalue weighted by Crippen LogP contribution is -2.20. The maximum absolute atomic E-state index is 12.2. The van der Waals surface area contributed by atoms with Gasteiger partial charge in [-0.15, -0.1) is 0 Å². The molecule has 1 aromatic heterocycles. The summed E-state index contributed by atoms with van der Waals surface area (Å²) in [7, 11) is -0.175. The predicted molar refractivity (Wildman–Crippen MR) is 115 cm³/mol. The summed E-state index contributed by atoms with van der Waals surface area (Å²) in [6, 6.07) is 4.86. The van der Waals surface area contributed by atoms with Crippen LogP contribution < -0.4 is 15.0 Å². The van der Waals surface area contributed by atoms with E-state index in [0.29, 0.717) is 17.9 Å². The quantitative estimate of drug-likeness (QED) is 0.484. The molecule has 2 aromatic rings. The summed E-state index contributed by atoms with van der Waals surface area (Å²) in [4.78, 5) is 18.8. The number of benzene rings is 1. The van der Waals surface area contributed by atoms with E-state index >= 15 is 0 Å². The molecule has 1 aromatic carbocycles. The highest BCUT2D eigenvalue weighted by Crippen LogP contribution is 2.28. The maximum atomic E-state index is 12.2. The van der Waals surface area contributed by atoms with Crippen molar-refractivity contribution in [3.63, 3.8) is 0 Å². The number of aromatic hydroxyl groups is 1. The third kappa shape index (κ3) is 4.79. The molecular weight excluding hydrogens is 430 g/mol. The molecule has 0 bridgehead atoms. The van der Waals surface area contributed by atoms with Crippen LogP contribution in [0.5, 0.6) is 17.4 Å². The number of aromatic amines is 1. The van der Waals surface area contributed by atoms with E-state index in [4.69, 9.17) is 21.7 Å². The summed E-state index contributed by atoms with van der Waals surface area (Å²) in [6.45, 7) is 0.287. The Morgan fingerprint density at radius 3 is 2.70 bits per heavy atom. The number of ether oxygens (including phenoxy) is 2. The number of sulfone groups is 1. The van der Waals surface area contributed by atoms with Gasteiger partial charge in [0.1, 0.15) is 5.56 Å². The van der Waals surface area contributed by atoms with Gasteiger partial charge in [-0.3, -0.25) is 19.3 Å². The summed E-state index contributed by atoms with van der Waals surface area (Å²) < 4.78 is 34.9. The summed E-state index contributed by atoms with van der Waals surface area (Å²) in [6.07, 6.45) is 3.10. The molecule has 0 amide bonds. The van der Waals surface area contributed by atoms with Crippen LogP contribution in [0.1, 0.15) is 11.1 Å². The number of nitrogens with zero attached hydrogens (tertiary/aromatic N) is 2. The first-order valence-corrected chi connectivity index (χ1v) is 11.1. The molecule has 0 aliphatic carbocycles. The lowest BCUT2D eigenvalue weighted by molar-refractivity contribution is 0.354. The third-order valence-electron chi connectivity index (χ3n) is 4.59. The zero-order valence-electron chi connectivity index (χ0n) is 16.4. The Morgan fingerprint density at radius 1 is 1.33 bits per heavy atom. The Kier molecular flexibility index (Phi) is 6.42. The van der Waals surface area contributed by atoms with Gasteiger partial charge in [0.05, 0.1) is 26.0 Å². The summed E-state index contributed by atoms with van der Waals surface area (Å²) in [5.41, 5.74) is 0.221. The van der Waals surface area contributed by atoms with Gasteiger partial charge >= 0.3 is 0 Å². The van der Waals surface area contributed by atoms with Gasteiger partial charge in [0.2, 0.25) is 5.88 Å². The van der Waals surface area contributed by atoms with Gasteiger partial charge in [-0.25, -0.2) is 8.42 Å². The fourth-order valence-electron chi connectivity index (χ4n) is 3.00. The van der Waals surface area contributed by atoms with Crippen LogP contribution in [0, 0.1) is 4.77 Å². The second-order valence-corrected chi connectivity index (χ2v) is 8.91. The van der Waals surface area contributed by atoms with E-state index in [2.05, 4.69) is 9.98 Å². The zero-order chi connectivity index (χ0) is 21.9. The van der Waals surface area contributed by atoms with Crippen LogP contribution in [0.4, 0.5) is 0 Å². The Labute approximate surface area is 178 Å². The molecule has 0 fully saturated rings. The van der Waals surface area contributed by atoms with E-state index in [9.17, 15) is 18.3 Å². The van der Waals surface area contributed by atoms with Crippen molar-refractivity contribution in [3.05, 3.63) is 55.9 Å². The molecule has 1 aliphatic heterocycles. The van der Waals surface area contributed by atoms with Gasteiger partial charge in [-0.1, -0.05) is 6.07 Å². The van der Waals surface area contributed by atoms with Crippen LogP contribution in [0.15, 0.2) is 39.5 Å². The van der Waals surface area contributed by atoms with Crippen LogP contribution in [-0.2, 0) is 22.8 Å². The van der Waals surface area contributed by atoms with E-state index in [1.807, 2.05) is 12.1 Å². The molecule has 2 heterocycles. The van der Waals surface area contributed by atoms with E-state index in [-0.39, 0.29) is 28.5 Å². The highest BCUT2D eigenvalue weighted by molar-refractivity contribution is 7.94. The summed E-state index contributed by atoms with van der Waals surface area (Å²) >= 11 is 5.18. The standard InChI is InChI=1S/C19H21N3O6S2/c1-27-15-4-3-12(9-16(15)28-2)5-7-22-18(24)14(17(23)21-19(22)29)10-20-13-6-8-30(25,26)11-13/h3-4,6,8-10,13,24H,5,7,11H2,1-2H3,(H,21,23,29)/t13-/m1/s1. The number of aryl methyl sites for hydroxylation is 1. The topological polar surface area (TPSA) is 123 Å². The molecule has 3 rings (SSSR count). The number of nitrogens with one attached hydrogen (secondary N) is 1. The van der Waals surface area contributed by atoms with Crippen molar-refractivity contribution in [1.29, 1.82) is 0 Å². The van der Waals surface area contributed by atoms with Crippen LogP contribution in [0.25, 0.3) is 0 Å². The first-order chi connectivity index (χ1) is 14.2. The summed E-state index contributed by atoms with van der Waals surface area (Å²) in [5.74, 6) is 0.682. The molecule has 1 atom stereocenters. The van der Waals surface area contributed by atoms with Crippen molar-refractivity contribution in [2.24, 2.45) is 4.99 Å². The SMILES string of the molecule is COc1ccc(CCn2c(O)c(C=N[C@@H]3C=CS(=O)(=O)C3)c(=O)[nH]c2=S)cc1OC. The van der Waals surface area contributed by atoms with Crippen molar-refractivity contribution < 1.29 is 23.0 Å². The largest absolute Gasteiger partial charge is 0.494 e.